The highest BCUT2D eigenvalue weighted by atomic mass is 16.1. The topological polar surface area (TPSA) is 44.9 Å². The number of amides is 1. The lowest BCUT2D eigenvalue weighted by Crippen LogP contribution is -2.31. The average Bonchev–Trinajstić information content (AvgIpc) is 2.62. The van der Waals surface area contributed by atoms with Crippen molar-refractivity contribution in [2.75, 3.05) is 6.54 Å². The monoisotopic (exact) mass is 188 g/mol. The van der Waals surface area contributed by atoms with Gasteiger partial charge in [-0.1, -0.05) is 19.2 Å². The fraction of sp³-hybridized carbons (Fsp3) is 0.182. The smallest absolute Gasteiger partial charge is 0.253 e. The van der Waals surface area contributed by atoms with Crippen LogP contribution in [0.3, 0.4) is 0 Å². The second-order valence-electron chi connectivity index (χ2n) is 3.31. The highest BCUT2D eigenvalue weighted by Crippen LogP contribution is 2.19. The van der Waals surface area contributed by atoms with Gasteiger partial charge in [0.05, 0.1) is 5.56 Å². The van der Waals surface area contributed by atoms with Crippen LogP contribution in [-0.2, 0) is 6.42 Å². The number of allylic oxidation sites excluding steroid dienone is 2. The molecule has 14 heavy (non-hydrogen) atoms. The van der Waals surface area contributed by atoms with Crippen LogP contribution >= 0.6 is 0 Å². The van der Waals surface area contributed by atoms with Gasteiger partial charge in [0.25, 0.3) is 5.91 Å². The number of carbonyl (C=O) groups excluding carboxylic acids is 1. The van der Waals surface area contributed by atoms with Crippen molar-refractivity contribution >= 4 is 11.5 Å². The van der Waals surface area contributed by atoms with Crippen LogP contribution in [0.4, 0.5) is 0 Å². The fourth-order valence-electron chi connectivity index (χ4n) is 1.58. The van der Waals surface area contributed by atoms with Crippen molar-refractivity contribution in [3.63, 3.8) is 0 Å². The molecule has 3 heteroatoms. The Balaban J connectivity index is 2.44. The van der Waals surface area contributed by atoms with Crippen LogP contribution in [0.15, 0.2) is 25.3 Å². The summed E-state index contributed by atoms with van der Waals surface area (Å²) < 4.78 is 0. The van der Waals surface area contributed by atoms with Crippen molar-refractivity contribution in [2.45, 2.75) is 6.42 Å². The van der Waals surface area contributed by atoms with Crippen LogP contribution in [0.1, 0.15) is 21.7 Å². The van der Waals surface area contributed by atoms with Gasteiger partial charge < -0.3 is 10.3 Å². The highest BCUT2D eigenvalue weighted by molar-refractivity contribution is 5.97. The molecule has 1 aromatic heterocycles. The van der Waals surface area contributed by atoms with E-state index in [4.69, 9.17) is 0 Å². The SMILES string of the molecule is C=CC(=C)c1cc2c([nH]1)CCNC2=O. The minimum atomic E-state index is -0.00869. The third kappa shape index (κ3) is 1.27. The number of hydrogen-bond donors (Lipinski definition) is 2. The molecule has 0 fully saturated rings. The van der Waals surface area contributed by atoms with Crippen LogP contribution in [0, 0.1) is 0 Å². The van der Waals surface area contributed by atoms with Gasteiger partial charge in [-0.2, -0.15) is 0 Å². The molecule has 0 radical (unpaired) electrons. The molecule has 0 aromatic carbocycles. The van der Waals surface area contributed by atoms with Crippen molar-refractivity contribution in [3.05, 3.63) is 42.3 Å². The predicted molar refractivity (Wildman–Crippen MR) is 56.1 cm³/mol. The molecule has 1 aliphatic rings. The van der Waals surface area contributed by atoms with E-state index in [0.717, 1.165) is 28.9 Å². The number of hydrogen-bond acceptors (Lipinski definition) is 1. The van der Waals surface area contributed by atoms with E-state index in [-0.39, 0.29) is 5.91 Å². The van der Waals surface area contributed by atoms with E-state index >= 15 is 0 Å². The van der Waals surface area contributed by atoms with Gasteiger partial charge in [0, 0.05) is 24.4 Å². The van der Waals surface area contributed by atoms with Crippen LogP contribution in [0.5, 0.6) is 0 Å². The third-order valence-electron chi connectivity index (χ3n) is 2.40. The summed E-state index contributed by atoms with van der Waals surface area (Å²) >= 11 is 0. The zero-order chi connectivity index (χ0) is 10.1. The molecule has 0 spiro atoms. The summed E-state index contributed by atoms with van der Waals surface area (Å²) in [5, 5.41) is 2.79. The summed E-state index contributed by atoms with van der Waals surface area (Å²) in [4.78, 5) is 14.6. The quantitative estimate of drug-likeness (QED) is 0.679. The molecule has 0 saturated heterocycles. The van der Waals surface area contributed by atoms with Crippen LogP contribution in [0.25, 0.3) is 5.57 Å². The Hall–Kier alpha value is -1.77. The molecule has 0 bridgehead atoms. The fourth-order valence-corrected chi connectivity index (χ4v) is 1.58. The first-order valence-electron chi connectivity index (χ1n) is 4.54. The molecule has 72 valence electrons. The summed E-state index contributed by atoms with van der Waals surface area (Å²) in [5.74, 6) is -0.00869. The number of aromatic amines is 1. The maximum Gasteiger partial charge on any atom is 0.253 e. The second-order valence-corrected chi connectivity index (χ2v) is 3.31. The van der Waals surface area contributed by atoms with Crippen molar-refractivity contribution < 1.29 is 4.79 Å². The lowest BCUT2D eigenvalue weighted by molar-refractivity contribution is 0.0946. The predicted octanol–water partition coefficient (Wildman–Crippen LogP) is 1.50. The number of carbonyl (C=O) groups is 1. The molecule has 0 saturated carbocycles. The zero-order valence-electron chi connectivity index (χ0n) is 7.89. The molecule has 0 aliphatic carbocycles. The first kappa shape index (κ1) is 8.81. The van der Waals surface area contributed by atoms with Gasteiger partial charge in [0.1, 0.15) is 0 Å². The third-order valence-corrected chi connectivity index (χ3v) is 2.40. The molecular weight excluding hydrogens is 176 g/mol. The Bertz CT molecular complexity index is 415. The van der Waals surface area contributed by atoms with E-state index in [0.29, 0.717) is 6.54 Å². The normalized spacial score (nSPS) is 14.4. The molecule has 0 unspecified atom stereocenters. The van der Waals surface area contributed by atoms with Gasteiger partial charge in [0.15, 0.2) is 0 Å². The summed E-state index contributed by atoms with van der Waals surface area (Å²) in [7, 11) is 0. The number of rotatable bonds is 2. The van der Waals surface area contributed by atoms with Gasteiger partial charge in [-0.15, -0.1) is 0 Å². The molecule has 1 aliphatic heterocycles. The Morgan fingerprint density at radius 2 is 2.36 bits per heavy atom. The molecule has 2 heterocycles. The minimum Gasteiger partial charge on any atom is -0.358 e. The summed E-state index contributed by atoms with van der Waals surface area (Å²) in [6, 6.07) is 1.83. The average molecular weight is 188 g/mol. The van der Waals surface area contributed by atoms with Gasteiger partial charge >= 0.3 is 0 Å². The van der Waals surface area contributed by atoms with Crippen molar-refractivity contribution in [1.82, 2.24) is 10.3 Å². The van der Waals surface area contributed by atoms with Crippen molar-refractivity contribution in [3.8, 4) is 0 Å². The molecule has 1 amide bonds. The summed E-state index contributed by atoms with van der Waals surface area (Å²) in [5.41, 5.74) is 3.41. The molecule has 1 aromatic rings. The van der Waals surface area contributed by atoms with Crippen LogP contribution < -0.4 is 5.32 Å². The highest BCUT2D eigenvalue weighted by Gasteiger charge is 2.19. The number of nitrogens with one attached hydrogen (secondary N) is 2. The van der Waals surface area contributed by atoms with Crippen LogP contribution in [0.2, 0.25) is 0 Å². The molecular formula is C11H12N2O. The maximum atomic E-state index is 11.4. The van der Waals surface area contributed by atoms with E-state index < -0.39 is 0 Å². The standard InChI is InChI=1S/C11H12N2O/c1-3-7(2)10-6-8-9(13-10)4-5-12-11(8)14/h3,6,13H,1-2,4-5H2,(H,12,14). The maximum absolute atomic E-state index is 11.4. The number of fused-ring (bicyclic) bond motifs is 1. The first-order valence-corrected chi connectivity index (χ1v) is 4.54. The van der Waals surface area contributed by atoms with Gasteiger partial charge in [-0.3, -0.25) is 4.79 Å². The number of H-pyrrole nitrogens is 1. The van der Waals surface area contributed by atoms with Gasteiger partial charge in [-0.05, 0) is 11.6 Å². The largest absolute Gasteiger partial charge is 0.358 e. The Morgan fingerprint density at radius 3 is 3.00 bits per heavy atom. The van der Waals surface area contributed by atoms with E-state index in [9.17, 15) is 4.79 Å². The van der Waals surface area contributed by atoms with E-state index in [2.05, 4.69) is 23.5 Å². The summed E-state index contributed by atoms with van der Waals surface area (Å²) in [6.07, 6.45) is 2.53. The first-order chi connectivity index (χ1) is 6.72. The Kier molecular flexibility index (Phi) is 2.00. The zero-order valence-corrected chi connectivity index (χ0v) is 7.89. The summed E-state index contributed by atoms with van der Waals surface area (Å²) in [6.45, 7) is 8.17. The van der Waals surface area contributed by atoms with Gasteiger partial charge in [-0.25, -0.2) is 0 Å². The molecule has 3 nitrogen and oxygen atoms in total. The Labute approximate surface area is 82.5 Å². The van der Waals surface area contributed by atoms with Crippen molar-refractivity contribution in [1.29, 1.82) is 0 Å². The van der Waals surface area contributed by atoms with Crippen molar-refractivity contribution in [2.24, 2.45) is 0 Å². The minimum absolute atomic E-state index is 0.00869. The molecule has 0 atom stereocenters. The lowest BCUT2D eigenvalue weighted by Gasteiger charge is -2.10. The lowest BCUT2D eigenvalue weighted by atomic mass is 10.1. The van der Waals surface area contributed by atoms with E-state index in [1.54, 1.807) is 6.08 Å². The van der Waals surface area contributed by atoms with E-state index in [1.165, 1.54) is 0 Å². The van der Waals surface area contributed by atoms with Gasteiger partial charge in [0.2, 0.25) is 0 Å². The van der Waals surface area contributed by atoms with E-state index in [1.807, 2.05) is 6.07 Å². The second kappa shape index (κ2) is 3.18. The Morgan fingerprint density at radius 1 is 1.57 bits per heavy atom. The number of aromatic nitrogens is 1. The molecule has 2 rings (SSSR count). The van der Waals surface area contributed by atoms with Crippen LogP contribution in [-0.4, -0.2) is 17.4 Å². The molecule has 2 N–H and O–H groups in total.